The Morgan fingerprint density at radius 3 is 2.30 bits per heavy atom. The molecule has 2 fully saturated rings. The summed E-state index contributed by atoms with van der Waals surface area (Å²) < 4.78 is 0. The van der Waals surface area contributed by atoms with Crippen LogP contribution in [0.2, 0.25) is 0 Å². The first-order valence-corrected chi connectivity index (χ1v) is 11.1. The number of rotatable bonds is 6. The van der Waals surface area contributed by atoms with Gasteiger partial charge in [-0.1, -0.05) is 30.7 Å². The van der Waals surface area contributed by atoms with E-state index in [2.05, 4.69) is 29.3 Å². The van der Waals surface area contributed by atoms with Crippen LogP contribution in [0.3, 0.4) is 0 Å². The average molecular weight is 406 g/mol. The molecule has 2 aromatic rings. The third kappa shape index (κ3) is 5.08. The number of hydrogen-bond donors (Lipinski definition) is 1. The quantitative estimate of drug-likeness (QED) is 0.773. The number of piperidine rings is 1. The van der Waals surface area contributed by atoms with Gasteiger partial charge in [0, 0.05) is 43.3 Å². The number of benzene rings is 2. The number of likely N-dealkylation sites (tertiary alicyclic amines) is 2. The molecule has 0 aromatic heterocycles. The molecule has 5 heteroatoms. The highest BCUT2D eigenvalue weighted by Crippen LogP contribution is 2.20. The summed E-state index contributed by atoms with van der Waals surface area (Å²) in [6.07, 6.45) is 5.48. The van der Waals surface area contributed by atoms with Crippen molar-refractivity contribution in [2.24, 2.45) is 0 Å². The van der Waals surface area contributed by atoms with Crippen molar-refractivity contribution in [1.82, 2.24) is 9.80 Å². The van der Waals surface area contributed by atoms with Crippen LogP contribution in [0.15, 0.2) is 48.5 Å². The third-order valence-corrected chi connectivity index (χ3v) is 6.30. The van der Waals surface area contributed by atoms with E-state index < -0.39 is 0 Å². The number of nitrogens with one attached hydrogen (secondary N) is 1. The largest absolute Gasteiger partial charge is 0.338 e. The Kier molecular flexibility index (Phi) is 6.48. The minimum Gasteiger partial charge on any atom is -0.338 e. The van der Waals surface area contributed by atoms with Gasteiger partial charge in [0.15, 0.2) is 0 Å². The summed E-state index contributed by atoms with van der Waals surface area (Å²) in [6.45, 7) is 5.89. The average Bonchev–Trinajstić information content (AvgIpc) is 3.16. The van der Waals surface area contributed by atoms with Gasteiger partial charge >= 0.3 is 0 Å². The molecule has 1 unspecified atom stereocenters. The van der Waals surface area contributed by atoms with Gasteiger partial charge in [-0.3, -0.25) is 14.5 Å². The van der Waals surface area contributed by atoms with Crippen molar-refractivity contribution >= 4 is 17.5 Å². The van der Waals surface area contributed by atoms with Crippen molar-refractivity contribution in [3.05, 3.63) is 65.2 Å². The van der Waals surface area contributed by atoms with E-state index in [-0.39, 0.29) is 11.8 Å². The van der Waals surface area contributed by atoms with Crippen LogP contribution in [-0.4, -0.2) is 40.7 Å². The van der Waals surface area contributed by atoms with E-state index in [1.54, 1.807) is 0 Å². The summed E-state index contributed by atoms with van der Waals surface area (Å²) in [5.41, 5.74) is 3.76. The Labute approximate surface area is 179 Å². The van der Waals surface area contributed by atoms with E-state index in [0.29, 0.717) is 24.6 Å². The zero-order valence-electron chi connectivity index (χ0n) is 17.8. The second-order valence-corrected chi connectivity index (χ2v) is 8.58. The van der Waals surface area contributed by atoms with Gasteiger partial charge in [0.05, 0.1) is 0 Å². The van der Waals surface area contributed by atoms with Crippen LogP contribution in [0.5, 0.6) is 0 Å². The van der Waals surface area contributed by atoms with E-state index in [4.69, 9.17) is 0 Å². The summed E-state index contributed by atoms with van der Waals surface area (Å²) in [7, 11) is 0. The Bertz CT molecular complexity index is 876. The van der Waals surface area contributed by atoms with Gasteiger partial charge < -0.3 is 10.2 Å². The molecule has 2 aliphatic heterocycles. The van der Waals surface area contributed by atoms with E-state index >= 15 is 0 Å². The highest BCUT2D eigenvalue weighted by Gasteiger charge is 2.20. The molecule has 5 nitrogen and oxygen atoms in total. The molecule has 4 rings (SSSR count). The predicted molar refractivity (Wildman–Crippen MR) is 119 cm³/mol. The lowest BCUT2D eigenvalue weighted by molar-refractivity contribution is -0.128. The fourth-order valence-electron chi connectivity index (χ4n) is 4.38. The van der Waals surface area contributed by atoms with Gasteiger partial charge in [-0.2, -0.15) is 0 Å². The van der Waals surface area contributed by atoms with Crippen molar-refractivity contribution in [2.45, 2.75) is 58.2 Å². The van der Waals surface area contributed by atoms with E-state index in [1.165, 1.54) is 31.4 Å². The highest BCUT2D eigenvalue weighted by molar-refractivity contribution is 6.04. The van der Waals surface area contributed by atoms with Crippen LogP contribution in [-0.2, 0) is 17.9 Å². The lowest BCUT2D eigenvalue weighted by Crippen LogP contribution is -2.36. The molecule has 2 heterocycles. The summed E-state index contributed by atoms with van der Waals surface area (Å²) >= 11 is 0. The molecule has 2 aromatic carbocycles. The van der Waals surface area contributed by atoms with Gasteiger partial charge in [0.2, 0.25) is 5.91 Å². The maximum Gasteiger partial charge on any atom is 0.255 e. The zero-order valence-corrected chi connectivity index (χ0v) is 17.8. The molecule has 0 radical (unpaired) electrons. The maximum absolute atomic E-state index is 12.6. The summed E-state index contributed by atoms with van der Waals surface area (Å²) in [5, 5.41) is 2.98. The smallest absolute Gasteiger partial charge is 0.255 e. The molecular weight excluding hydrogens is 374 g/mol. The molecule has 30 heavy (non-hydrogen) atoms. The Hall–Kier alpha value is -2.66. The topological polar surface area (TPSA) is 52.7 Å². The van der Waals surface area contributed by atoms with Crippen molar-refractivity contribution < 1.29 is 9.59 Å². The maximum atomic E-state index is 12.6. The summed E-state index contributed by atoms with van der Waals surface area (Å²) in [6, 6.07) is 16.3. The van der Waals surface area contributed by atoms with Crippen LogP contribution in [0.4, 0.5) is 5.69 Å². The van der Waals surface area contributed by atoms with Crippen molar-refractivity contribution in [3.63, 3.8) is 0 Å². The van der Waals surface area contributed by atoms with E-state index in [1.807, 2.05) is 41.3 Å². The number of carbonyl (C=O) groups is 2. The predicted octanol–water partition coefficient (Wildman–Crippen LogP) is 4.44. The number of carbonyl (C=O) groups excluding carboxylic acids is 2. The second-order valence-electron chi connectivity index (χ2n) is 8.58. The number of hydrogen-bond acceptors (Lipinski definition) is 3. The van der Waals surface area contributed by atoms with Crippen molar-refractivity contribution in [1.29, 1.82) is 0 Å². The first-order chi connectivity index (χ1) is 14.6. The molecule has 0 spiro atoms. The van der Waals surface area contributed by atoms with E-state index in [9.17, 15) is 9.59 Å². The zero-order chi connectivity index (χ0) is 20.9. The first kappa shape index (κ1) is 20.6. The monoisotopic (exact) mass is 405 g/mol. The van der Waals surface area contributed by atoms with Gasteiger partial charge in [-0.15, -0.1) is 0 Å². The number of anilines is 1. The van der Waals surface area contributed by atoms with Gasteiger partial charge in [-0.05, 0) is 68.1 Å². The van der Waals surface area contributed by atoms with E-state index in [0.717, 1.165) is 30.8 Å². The lowest BCUT2D eigenvalue weighted by atomic mass is 10.0. The molecule has 2 amide bonds. The highest BCUT2D eigenvalue weighted by atomic mass is 16.2. The Morgan fingerprint density at radius 2 is 1.63 bits per heavy atom. The van der Waals surface area contributed by atoms with Gasteiger partial charge in [0.1, 0.15) is 0 Å². The Morgan fingerprint density at radius 1 is 0.933 bits per heavy atom. The number of nitrogens with zero attached hydrogens (tertiary/aromatic N) is 2. The second kappa shape index (κ2) is 9.43. The van der Waals surface area contributed by atoms with Crippen LogP contribution in [0, 0.1) is 0 Å². The SMILES string of the molecule is CC1CCCCN1Cc1ccc(NC(=O)c2ccc(CN3CCCC3=O)cc2)cc1. The third-order valence-electron chi connectivity index (χ3n) is 6.30. The molecule has 1 atom stereocenters. The van der Waals surface area contributed by atoms with Crippen molar-refractivity contribution in [2.75, 3.05) is 18.4 Å². The fourth-order valence-corrected chi connectivity index (χ4v) is 4.38. The van der Waals surface area contributed by atoms with Crippen LogP contribution < -0.4 is 5.32 Å². The van der Waals surface area contributed by atoms with Crippen molar-refractivity contribution in [3.8, 4) is 0 Å². The molecule has 0 aliphatic carbocycles. The molecule has 2 saturated heterocycles. The molecule has 0 bridgehead atoms. The fraction of sp³-hybridized carbons (Fsp3) is 0.440. The minimum atomic E-state index is -0.115. The van der Waals surface area contributed by atoms with Gasteiger partial charge in [0.25, 0.3) is 5.91 Å². The lowest BCUT2D eigenvalue weighted by Gasteiger charge is -2.33. The first-order valence-electron chi connectivity index (χ1n) is 11.1. The molecule has 1 N–H and O–H groups in total. The van der Waals surface area contributed by atoms with Crippen LogP contribution in [0.1, 0.15) is 60.5 Å². The summed E-state index contributed by atoms with van der Waals surface area (Å²) in [5.74, 6) is 0.103. The normalized spacial score (nSPS) is 19.8. The summed E-state index contributed by atoms with van der Waals surface area (Å²) in [4.78, 5) is 28.8. The standard InChI is InChI=1S/C25H31N3O2/c1-19-5-2-3-15-27(19)17-21-9-13-23(14-10-21)26-25(30)22-11-7-20(8-12-22)18-28-16-4-6-24(28)29/h7-14,19H,2-6,15-18H2,1H3,(H,26,30). The number of amides is 2. The molecule has 0 saturated carbocycles. The molecular formula is C25H31N3O2. The van der Waals surface area contributed by atoms with Gasteiger partial charge in [-0.25, -0.2) is 0 Å². The minimum absolute atomic E-state index is 0.115. The molecule has 2 aliphatic rings. The van der Waals surface area contributed by atoms with Crippen LogP contribution in [0.25, 0.3) is 0 Å². The Balaban J connectivity index is 1.31. The van der Waals surface area contributed by atoms with Crippen LogP contribution >= 0.6 is 0 Å². The molecule has 158 valence electrons.